The number of para-hydroxylation sites is 1. The Bertz CT molecular complexity index is 901. The third-order valence-electron chi connectivity index (χ3n) is 3.47. The number of nitrogens with one attached hydrogen (secondary N) is 1. The van der Waals surface area contributed by atoms with E-state index in [1.807, 2.05) is 18.2 Å². The molecule has 0 unspecified atom stereocenters. The standard InChI is InChI=1S/C16H13N3O4/c1-10-6-7-11(8-14(10)19(21)22)17-16(20)9-13-12-4-2-3-5-15(12)23-18-13/h2-8H,9H2,1H3,(H,17,20). The first-order chi connectivity index (χ1) is 11.0. The van der Waals surface area contributed by atoms with Crippen molar-refractivity contribution >= 4 is 28.3 Å². The molecule has 0 bridgehead atoms. The Balaban J connectivity index is 1.77. The molecule has 0 saturated heterocycles. The first kappa shape index (κ1) is 14.7. The Morgan fingerprint density at radius 1 is 1.30 bits per heavy atom. The molecule has 0 atom stereocenters. The summed E-state index contributed by atoms with van der Waals surface area (Å²) in [5.41, 5.74) is 2.02. The molecule has 0 saturated carbocycles. The number of rotatable bonds is 4. The lowest BCUT2D eigenvalue weighted by molar-refractivity contribution is -0.385. The number of nitro benzene ring substituents is 1. The summed E-state index contributed by atoms with van der Waals surface area (Å²) in [5.74, 6) is -0.317. The van der Waals surface area contributed by atoms with Gasteiger partial charge < -0.3 is 9.84 Å². The summed E-state index contributed by atoms with van der Waals surface area (Å²) < 4.78 is 5.15. The molecule has 0 aliphatic rings. The van der Waals surface area contributed by atoms with Gasteiger partial charge in [-0.15, -0.1) is 0 Å². The Labute approximate surface area is 131 Å². The van der Waals surface area contributed by atoms with E-state index in [0.717, 1.165) is 5.39 Å². The van der Waals surface area contributed by atoms with Crippen LogP contribution in [-0.4, -0.2) is 16.0 Å². The molecule has 0 spiro atoms. The zero-order chi connectivity index (χ0) is 16.4. The number of aromatic nitrogens is 1. The minimum absolute atomic E-state index is 0.0265. The fourth-order valence-corrected chi connectivity index (χ4v) is 2.31. The van der Waals surface area contributed by atoms with Gasteiger partial charge in [-0.3, -0.25) is 14.9 Å². The van der Waals surface area contributed by atoms with E-state index >= 15 is 0 Å². The van der Waals surface area contributed by atoms with Gasteiger partial charge in [0.1, 0.15) is 5.69 Å². The summed E-state index contributed by atoms with van der Waals surface area (Å²) in [6.07, 6.45) is 0.0265. The molecule has 1 heterocycles. The van der Waals surface area contributed by atoms with Crippen molar-refractivity contribution < 1.29 is 14.2 Å². The average Bonchev–Trinajstić information content (AvgIpc) is 2.92. The zero-order valence-corrected chi connectivity index (χ0v) is 12.3. The van der Waals surface area contributed by atoms with Crippen molar-refractivity contribution in [3.05, 3.63) is 63.8 Å². The van der Waals surface area contributed by atoms with E-state index in [4.69, 9.17) is 4.52 Å². The molecule has 1 amide bonds. The van der Waals surface area contributed by atoms with Crippen LogP contribution in [0.25, 0.3) is 11.0 Å². The maximum absolute atomic E-state index is 12.1. The number of anilines is 1. The number of fused-ring (bicyclic) bond motifs is 1. The number of carbonyl (C=O) groups is 1. The van der Waals surface area contributed by atoms with Crippen LogP contribution in [0.3, 0.4) is 0 Å². The smallest absolute Gasteiger partial charge is 0.274 e. The molecule has 3 aromatic rings. The zero-order valence-electron chi connectivity index (χ0n) is 12.3. The van der Waals surface area contributed by atoms with E-state index in [1.165, 1.54) is 6.07 Å². The number of hydrogen-bond donors (Lipinski definition) is 1. The first-order valence-electron chi connectivity index (χ1n) is 6.93. The fraction of sp³-hybridized carbons (Fsp3) is 0.125. The Morgan fingerprint density at radius 2 is 2.09 bits per heavy atom. The highest BCUT2D eigenvalue weighted by Crippen LogP contribution is 2.23. The van der Waals surface area contributed by atoms with E-state index in [2.05, 4.69) is 10.5 Å². The van der Waals surface area contributed by atoms with Crippen molar-refractivity contribution in [2.24, 2.45) is 0 Å². The van der Waals surface area contributed by atoms with Gasteiger partial charge in [0.15, 0.2) is 5.58 Å². The molecule has 2 aromatic carbocycles. The highest BCUT2D eigenvalue weighted by Gasteiger charge is 2.15. The van der Waals surface area contributed by atoms with E-state index in [9.17, 15) is 14.9 Å². The van der Waals surface area contributed by atoms with Crippen molar-refractivity contribution in [3.63, 3.8) is 0 Å². The predicted octanol–water partition coefficient (Wildman–Crippen LogP) is 3.23. The van der Waals surface area contributed by atoms with Crippen molar-refractivity contribution in [3.8, 4) is 0 Å². The lowest BCUT2D eigenvalue weighted by Crippen LogP contribution is -2.15. The number of nitro groups is 1. The molecule has 1 N–H and O–H groups in total. The third kappa shape index (κ3) is 3.03. The van der Waals surface area contributed by atoms with Crippen molar-refractivity contribution in [1.29, 1.82) is 0 Å². The van der Waals surface area contributed by atoms with Crippen molar-refractivity contribution in [2.45, 2.75) is 13.3 Å². The molecule has 23 heavy (non-hydrogen) atoms. The molecular weight excluding hydrogens is 298 g/mol. The summed E-state index contributed by atoms with van der Waals surface area (Å²) >= 11 is 0. The number of benzene rings is 2. The molecule has 0 aliphatic heterocycles. The fourth-order valence-electron chi connectivity index (χ4n) is 2.31. The normalized spacial score (nSPS) is 10.7. The summed E-state index contributed by atoms with van der Waals surface area (Å²) in [5, 5.41) is 18.2. The van der Waals surface area contributed by atoms with Gasteiger partial charge in [0, 0.05) is 22.7 Å². The second-order valence-corrected chi connectivity index (χ2v) is 5.11. The minimum Gasteiger partial charge on any atom is -0.356 e. The predicted molar refractivity (Wildman–Crippen MR) is 84.2 cm³/mol. The van der Waals surface area contributed by atoms with Gasteiger partial charge in [-0.2, -0.15) is 0 Å². The van der Waals surface area contributed by atoms with Crippen LogP contribution in [0.15, 0.2) is 47.0 Å². The molecule has 3 rings (SSSR count). The molecule has 0 fully saturated rings. The monoisotopic (exact) mass is 311 g/mol. The number of carbonyl (C=O) groups excluding carboxylic acids is 1. The van der Waals surface area contributed by atoms with E-state index in [-0.39, 0.29) is 18.0 Å². The molecule has 1 aromatic heterocycles. The molecule has 0 radical (unpaired) electrons. The van der Waals surface area contributed by atoms with Gasteiger partial charge in [0.2, 0.25) is 5.91 Å². The lowest BCUT2D eigenvalue weighted by atomic mass is 10.1. The van der Waals surface area contributed by atoms with Crippen LogP contribution in [-0.2, 0) is 11.2 Å². The largest absolute Gasteiger partial charge is 0.356 e. The molecular formula is C16H13N3O4. The van der Waals surface area contributed by atoms with Crippen LogP contribution >= 0.6 is 0 Å². The Kier molecular flexibility index (Phi) is 3.76. The summed E-state index contributed by atoms with van der Waals surface area (Å²) in [7, 11) is 0. The summed E-state index contributed by atoms with van der Waals surface area (Å²) in [4.78, 5) is 22.6. The van der Waals surface area contributed by atoms with Crippen LogP contribution in [0.4, 0.5) is 11.4 Å². The van der Waals surface area contributed by atoms with Crippen LogP contribution in [0, 0.1) is 17.0 Å². The molecule has 116 valence electrons. The van der Waals surface area contributed by atoms with Crippen molar-refractivity contribution in [1.82, 2.24) is 5.16 Å². The summed E-state index contributed by atoms with van der Waals surface area (Å²) in [6, 6.07) is 11.8. The third-order valence-corrected chi connectivity index (χ3v) is 3.47. The lowest BCUT2D eigenvalue weighted by Gasteiger charge is -2.05. The van der Waals surface area contributed by atoms with Gasteiger partial charge in [-0.25, -0.2) is 0 Å². The van der Waals surface area contributed by atoms with Crippen LogP contribution in [0.1, 0.15) is 11.3 Å². The number of nitrogens with zero attached hydrogens (tertiary/aromatic N) is 2. The van der Waals surface area contributed by atoms with E-state index < -0.39 is 4.92 Å². The number of aryl methyl sites for hydroxylation is 1. The summed E-state index contributed by atoms with van der Waals surface area (Å²) in [6.45, 7) is 1.64. The van der Waals surface area contributed by atoms with Gasteiger partial charge in [0.05, 0.1) is 11.3 Å². The highest BCUT2D eigenvalue weighted by atomic mass is 16.6. The topological polar surface area (TPSA) is 98.3 Å². The van der Waals surface area contributed by atoms with Crippen LogP contribution in [0.5, 0.6) is 0 Å². The maximum atomic E-state index is 12.1. The molecule has 7 nitrogen and oxygen atoms in total. The van der Waals surface area contributed by atoms with Crippen LogP contribution < -0.4 is 5.32 Å². The second kappa shape index (κ2) is 5.88. The van der Waals surface area contributed by atoms with Gasteiger partial charge >= 0.3 is 0 Å². The quantitative estimate of drug-likeness (QED) is 0.589. The Hall–Kier alpha value is -3.22. The Morgan fingerprint density at radius 3 is 2.87 bits per heavy atom. The molecule has 0 aliphatic carbocycles. The van der Waals surface area contributed by atoms with Gasteiger partial charge in [-0.05, 0) is 25.1 Å². The van der Waals surface area contributed by atoms with Crippen molar-refractivity contribution in [2.75, 3.05) is 5.32 Å². The van der Waals surface area contributed by atoms with Crippen LogP contribution in [0.2, 0.25) is 0 Å². The second-order valence-electron chi connectivity index (χ2n) is 5.11. The molecule has 7 heteroatoms. The number of hydrogen-bond acceptors (Lipinski definition) is 5. The van der Waals surface area contributed by atoms with Gasteiger partial charge in [0.25, 0.3) is 5.69 Å². The maximum Gasteiger partial charge on any atom is 0.274 e. The minimum atomic E-state index is -0.476. The van der Waals surface area contributed by atoms with E-state index in [0.29, 0.717) is 22.5 Å². The average molecular weight is 311 g/mol. The van der Waals surface area contributed by atoms with Gasteiger partial charge in [-0.1, -0.05) is 23.4 Å². The highest BCUT2D eigenvalue weighted by molar-refractivity contribution is 5.94. The number of amides is 1. The SMILES string of the molecule is Cc1ccc(NC(=O)Cc2noc3ccccc23)cc1[N+](=O)[O-]. The van der Waals surface area contributed by atoms with E-state index in [1.54, 1.807) is 25.1 Å². The first-order valence-corrected chi connectivity index (χ1v) is 6.93.